The van der Waals surface area contributed by atoms with Crippen LogP contribution in [0, 0.1) is 27.7 Å². The quantitative estimate of drug-likeness (QED) is 0.681. The van der Waals surface area contributed by atoms with Gasteiger partial charge >= 0.3 is 0 Å². The largest absolute Gasteiger partial charge is 0.497 e. The molecule has 0 unspecified atom stereocenters. The Balaban J connectivity index is 1.91. The predicted octanol–water partition coefficient (Wildman–Crippen LogP) is 3.97. The molecule has 3 aromatic rings. The van der Waals surface area contributed by atoms with Crippen molar-refractivity contribution in [2.24, 2.45) is 0 Å². The van der Waals surface area contributed by atoms with Crippen LogP contribution in [0.15, 0.2) is 47.4 Å². The van der Waals surface area contributed by atoms with Gasteiger partial charge < -0.3 is 4.74 Å². The number of aryl methyl sites for hydroxylation is 3. The monoisotopic (exact) mass is 399 g/mol. The lowest BCUT2D eigenvalue weighted by Crippen LogP contribution is -2.15. The van der Waals surface area contributed by atoms with Crippen LogP contribution in [-0.2, 0) is 16.6 Å². The number of rotatable bonds is 6. The molecular weight excluding hydrogens is 374 g/mol. The molecule has 0 radical (unpaired) electrons. The van der Waals surface area contributed by atoms with Crippen LogP contribution >= 0.6 is 0 Å². The lowest BCUT2D eigenvalue weighted by molar-refractivity contribution is 0.414. The summed E-state index contributed by atoms with van der Waals surface area (Å²) in [4.78, 5) is 0.275. The van der Waals surface area contributed by atoms with Gasteiger partial charge in [-0.25, -0.2) is 8.42 Å². The van der Waals surface area contributed by atoms with Crippen LogP contribution in [0.2, 0.25) is 0 Å². The third-order valence-electron chi connectivity index (χ3n) is 4.70. The van der Waals surface area contributed by atoms with Gasteiger partial charge in [-0.05, 0) is 57.0 Å². The first-order valence-electron chi connectivity index (χ1n) is 8.98. The van der Waals surface area contributed by atoms with Crippen molar-refractivity contribution in [3.63, 3.8) is 0 Å². The molecule has 1 aromatic heterocycles. The Bertz CT molecular complexity index is 1120. The van der Waals surface area contributed by atoms with Gasteiger partial charge in [0.25, 0.3) is 10.0 Å². The molecule has 0 saturated carbocycles. The number of nitrogens with zero attached hydrogens (tertiary/aromatic N) is 2. The number of hydrogen-bond acceptors (Lipinski definition) is 4. The number of ether oxygens (including phenoxy) is 1. The summed E-state index contributed by atoms with van der Waals surface area (Å²) >= 11 is 0. The van der Waals surface area contributed by atoms with Gasteiger partial charge in [-0.2, -0.15) is 5.10 Å². The lowest BCUT2D eigenvalue weighted by Gasteiger charge is -2.12. The van der Waals surface area contributed by atoms with Crippen LogP contribution in [0.25, 0.3) is 0 Å². The van der Waals surface area contributed by atoms with Gasteiger partial charge in [-0.15, -0.1) is 0 Å². The highest BCUT2D eigenvalue weighted by atomic mass is 32.2. The fourth-order valence-electron chi connectivity index (χ4n) is 3.23. The molecule has 1 heterocycles. The van der Waals surface area contributed by atoms with Crippen molar-refractivity contribution in [1.29, 1.82) is 0 Å². The molecule has 7 heteroatoms. The zero-order chi connectivity index (χ0) is 20.5. The zero-order valence-electron chi connectivity index (χ0n) is 16.8. The molecule has 1 N–H and O–H groups in total. The van der Waals surface area contributed by atoms with E-state index in [1.165, 1.54) is 0 Å². The highest BCUT2D eigenvalue weighted by Gasteiger charge is 2.21. The first-order valence-corrected chi connectivity index (χ1v) is 10.5. The lowest BCUT2D eigenvalue weighted by atomic mass is 10.2. The standard InChI is InChI=1S/C21H25N3O3S/c1-14-9-10-20(15(2)11-14)28(25,26)23-21-16(3)22-24(17(21)4)13-18-7-6-8-19(12-18)27-5/h6-12,23H,13H2,1-5H3. The van der Waals surface area contributed by atoms with Crippen LogP contribution < -0.4 is 9.46 Å². The summed E-state index contributed by atoms with van der Waals surface area (Å²) in [6.45, 7) is 7.92. The molecule has 0 atom stereocenters. The molecule has 0 aliphatic heterocycles. The topological polar surface area (TPSA) is 73.2 Å². The van der Waals surface area contributed by atoms with Gasteiger partial charge in [0.2, 0.25) is 0 Å². The van der Waals surface area contributed by atoms with Crippen molar-refractivity contribution in [3.05, 3.63) is 70.5 Å². The van der Waals surface area contributed by atoms with Crippen molar-refractivity contribution >= 4 is 15.7 Å². The highest BCUT2D eigenvalue weighted by molar-refractivity contribution is 7.92. The maximum absolute atomic E-state index is 12.9. The van der Waals surface area contributed by atoms with Crippen molar-refractivity contribution in [1.82, 2.24) is 9.78 Å². The molecule has 6 nitrogen and oxygen atoms in total. The second-order valence-corrected chi connectivity index (χ2v) is 8.58. The summed E-state index contributed by atoms with van der Waals surface area (Å²) < 4.78 is 35.6. The van der Waals surface area contributed by atoms with E-state index in [1.54, 1.807) is 37.8 Å². The average molecular weight is 400 g/mol. The second kappa shape index (κ2) is 7.67. The summed E-state index contributed by atoms with van der Waals surface area (Å²) in [7, 11) is -2.07. The van der Waals surface area contributed by atoms with Gasteiger partial charge in [0, 0.05) is 0 Å². The van der Waals surface area contributed by atoms with Crippen molar-refractivity contribution in [2.45, 2.75) is 39.1 Å². The fraction of sp³-hybridized carbons (Fsp3) is 0.286. The van der Waals surface area contributed by atoms with E-state index in [9.17, 15) is 8.42 Å². The van der Waals surface area contributed by atoms with E-state index in [2.05, 4.69) is 9.82 Å². The Morgan fingerprint density at radius 1 is 1.07 bits per heavy atom. The number of benzene rings is 2. The Morgan fingerprint density at radius 2 is 1.82 bits per heavy atom. The van der Waals surface area contributed by atoms with E-state index in [4.69, 9.17) is 4.74 Å². The Hall–Kier alpha value is -2.80. The minimum absolute atomic E-state index is 0.275. The van der Waals surface area contributed by atoms with Crippen molar-refractivity contribution in [2.75, 3.05) is 11.8 Å². The Kier molecular flexibility index (Phi) is 5.47. The molecule has 0 aliphatic rings. The number of methoxy groups -OCH3 is 1. The van der Waals surface area contributed by atoms with Crippen LogP contribution in [-0.4, -0.2) is 25.3 Å². The van der Waals surface area contributed by atoms with Gasteiger partial charge in [0.05, 0.1) is 35.6 Å². The SMILES string of the molecule is COc1cccc(Cn2nc(C)c(NS(=O)(=O)c3ccc(C)cc3C)c2C)c1. The average Bonchev–Trinajstić information content (AvgIpc) is 2.88. The molecule has 0 saturated heterocycles. The molecule has 148 valence electrons. The number of sulfonamides is 1. The highest BCUT2D eigenvalue weighted by Crippen LogP contribution is 2.26. The number of anilines is 1. The molecule has 0 fully saturated rings. The Labute approximate surface area is 166 Å². The van der Waals surface area contributed by atoms with Gasteiger partial charge in [-0.1, -0.05) is 29.8 Å². The van der Waals surface area contributed by atoms with Gasteiger partial charge in [-0.3, -0.25) is 9.40 Å². The maximum Gasteiger partial charge on any atom is 0.262 e. The second-order valence-electron chi connectivity index (χ2n) is 6.93. The first-order chi connectivity index (χ1) is 13.2. The summed E-state index contributed by atoms with van der Waals surface area (Å²) in [6.07, 6.45) is 0. The number of aromatic nitrogens is 2. The fourth-order valence-corrected chi connectivity index (χ4v) is 4.64. The predicted molar refractivity (Wildman–Crippen MR) is 111 cm³/mol. The first kappa shape index (κ1) is 19.9. The van der Waals surface area contributed by atoms with E-state index in [-0.39, 0.29) is 4.90 Å². The van der Waals surface area contributed by atoms with E-state index >= 15 is 0 Å². The third kappa shape index (κ3) is 4.04. The van der Waals surface area contributed by atoms with E-state index in [0.29, 0.717) is 23.5 Å². The molecule has 0 spiro atoms. The Morgan fingerprint density at radius 3 is 2.50 bits per heavy atom. The molecule has 28 heavy (non-hydrogen) atoms. The maximum atomic E-state index is 12.9. The zero-order valence-corrected chi connectivity index (χ0v) is 17.6. The van der Waals surface area contributed by atoms with Crippen molar-refractivity contribution < 1.29 is 13.2 Å². The summed E-state index contributed by atoms with van der Waals surface area (Å²) in [5.41, 5.74) is 4.67. The molecule has 0 amide bonds. The summed E-state index contributed by atoms with van der Waals surface area (Å²) in [6, 6.07) is 13.0. The molecule has 3 rings (SSSR count). The van der Waals surface area contributed by atoms with E-state index in [1.807, 2.05) is 44.2 Å². The van der Waals surface area contributed by atoms with Crippen LogP contribution in [0.4, 0.5) is 5.69 Å². The summed E-state index contributed by atoms with van der Waals surface area (Å²) in [5, 5.41) is 4.52. The molecule has 0 aliphatic carbocycles. The van der Waals surface area contributed by atoms with E-state index in [0.717, 1.165) is 22.6 Å². The smallest absolute Gasteiger partial charge is 0.262 e. The third-order valence-corrected chi connectivity index (χ3v) is 6.21. The summed E-state index contributed by atoms with van der Waals surface area (Å²) in [5.74, 6) is 0.773. The molecule has 2 aromatic carbocycles. The number of hydrogen-bond donors (Lipinski definition) is 1. The molecular formula is C21H25N3O3S. The van der Waals surface area contributed by atoms with E-state index < -0.39 is 10.0 Å². The van der Waals surface area contributed by atoms with Crippen molar-refractivity contribution in [3.8, 4) is 5.75 Å². The number of nitrogens with one attached hydrogen (secondary N) is 1. The normalized spacial score (nSPS) is 11.5. The minimum atomic E-state index is -3.70. The van der Waals surface area contributed by atoms with Gasteiger partial charge in [0.1, 0.15) is 5.75 Å². The molecule has 0 bridgehead atoms. The van der Waals surface area contributed by atoms with Crippen LogP contribution in [0.3, 0.4) is 0 Å². The van der Waals surface area contributed by atoms with Gasteiger partial charge in [0.15, 0.2) is 0 Å². The minimum Gasteiger partial charge on any atom is -0.497 e. The van der Waals surface area contributed by atoms with Crippen LogP contribution in [0.1, 0.15) is 28.1 Å². The van der Waals surface area contributed by atoms with Crippen LogP contribution in [0.5, 0.6) is 5.75 Å².